The molecule has 2 atom stereocenters. The zero-order valence-electron chi connectivity index (χ0n) is 20.4. The number of nitrogens with one attached hydrogen (secondary N) is 2. The summed E-state index contributed by atoms with van der Waals surface area (Å²) in [6, 6.07) is 16.3. The van der Waals surface area contributed by atoms with Crippen LogP contribution in [0.2, 0.25) is 0 Å². The number of fused-ring (bicyclic) bond motifs is 3. The zero-order valence-corrected chi connectivity index (χ0v) is 20.4. The van der Waals surface area contributed by atoms with Crippen molar-refractivity contribution in [3.8, 4) is 11.1 Å². The Morgan fingerprint density at radius 3 is 2.26 bits per heavy atom. The summed E-state index contributed by atoms with van der Waals surface area (Å²) in [5.41, 5.74) is 4.19. The fourth-order valence-electron chi connectivity index (χ4n) is 5.38. The van der Waals surface area contributed by atoms with E-state index in [9.17, 15) is 14.4 Å². The van der Waals surface area contributed by atoms with Crippen molar-refractivity contribution in [3.63, 3.8) is 0 Å². The summed E-state index contributed by atoms with van der Waals surface area (Å²) >= 11 is 0. The Morgan fingerprint density at radius 1 is 1.00 bits per heavy atom. The molecular weight excluding hydrogens is 444 g/mol. The number of carbonyl (C=O) groups is 3. The topological polar surface area (TPSA) is 105 Å². The molecular formula is C28H34N2O5. The number of carboxylic acid groups (broad SMARTS) is 1. The fraction of sp³-hybridized carbons (Fsp3) is 0.464. The van der Waals surface area contributed by atoms with E-state index < -0.39 is 17.5 Å². The molecule has 1 saturated carbocycles. The number of alkyl carbamates (subject to hydrolysis) is 1. The van der Waals surface area contributed by atoms with Gasteiger partial charge in [-0.05, 0) is 46.4 Å². The maximum absolute atomic E-state index is 12.7. The minimum absolute atomic E-state index is 0.00691. The molecule has 0 unspecified atom stereocenters. The summed E-state index contributed by atoms with van der Waals surface area (Å²) in [5.74, 6) is -0.951. The maximum Gasteiger partial charge on any atom is 0.407 e. The van der Waals surface area contributed by atoms with Gasteiger partial charge in [0.15, 0.2) is 0 Å². The molecule has 2 aliphatic rings. The van der Waals surface area contributed by atoms with Crippen LogP contribution in [-0.4, -0.2) is 42.3 Å². The third kappa shape index (κ3) is 6.02. The van der Waals surface area contributed by atoms with E-state index in [1.807, 2.05) is 38.1 Å². The van der Waals surface area contributed by atoms with Crippen molar-refractivity contribution in [2.45, 2.75) is 57.9 Å². The molecule has 7 nitrogen and oxygen atoms in total. The highest BCUT2D eigenvalue weighted by atomic mass is 16.5. The molecule has 186 valence electrons. The minimum atomic E-state index is -0.882. The lowest BCUT2D eigenvalue weighted by atomic mass is 9.89. The number of carboxylic acids is 1. The van der Waals surface area contributed by atoms with E-state index in [2.05, 4.69) is 34.9 Å². The second kappa shape index (κ2) is 10.5. The molecule has 2 aliphatic carbocycles. The van der Waals surface area contributed by atoms with Crippen molar-refractivity contribution in [1.29, 1.82) is 0 Å². The lowest BCUT2D eigenvalue weighted by molar-refractivity contribution is -0.139. The Hall–Kier alpha value is -3.35. The molecule has 0 aliphatic heterocycles. The predicted octanol–water partition coefficient (Wildman–Crippen LogP) is 4.70. The van der Waals surface area contributed by atoms with Gasteiger partial charge in [0, 0.05) is 24.9 Å². The average molecular weight is 479 g/mol. The van der Waals surface area contributed by atoms with Gasteiger partial charge in [0.25, 0.3) is 0 Å². The Morgan fingerprint density at radius 2 is 1.63 bits per heavy atom. The van der Waals surface area contributed by atoms with Crippen LogP contribution in [0.1, 0.15) is 63.0 Å². The molecule has 2 aromatic carbocycles. The summed E-state index contributed by atoms with van der Waals surface area (Å²) in [6.45, 7) is 4.20. The number of hydrogen-bond donors (Lipinski definition) is 3. The third-order valence-electron chi connectivity index (χ3n) is 7.15. The van der Waals surface area contributed by atoms with Crippen LogP contribution >= 0.6 is 0 Å². The minimum Gasteiger partial charge on any atom is -0.481 e. The van der Waals surface area contributed by atoms with E-state index >= 15 is 0 Å². The molecule has 0 spiro atoms. The van der Waals surface area contributed by atoms with Crippen LogP contribution in [0.15, 0.2) is 48.5 Å². The zero-order chi connectivity index (χ0) is 25.0. The van der Waals surface area contributed by atoms with Crippen LogP contribution in [0, 0.1) is 11.3 Å². The number of hydrogen-bond acceptors (Lipinski definition) is 4. The van der Waals surface area contributed by atoms with E-state index in [4.69, 9.17) is 9.84 Å². The van der Waals surface area contributed by atoms with Crippen molar-refractivity contribution >= 4 is 18.0 Å². The van der Waals surface area contributed by atoms with Crippen LogP contribution in [0.5, 0.6) is 0 Å². The number of benzene rings is 2. The Bertz CT molecular complexity index is 1050. The number of ether oxygens (including phenoxy) is 1. The van der Waals surface area contributed by atoms with Crippen molar-refractivity contribution < 1.29 is 24.2 Å². The largest absolute Gasteiger partial charge is 0.481 e. The first-order chi connectivity index (χ1) is 16.7. The van der Waals surface area contributed by atoms with Gasteiger partial charge in [-0.3, -0.25) is 9.59 Å². The number of aliphatic carboxylic acids is 1. The SMILES string of the molecule is CC(C)(CNC(=O)C[C@@H]1CCC[C@H]1NC(=O)OCC1c2ccccc2-c2ccccc21)CC(=O)O. The van der Waals surface area contributed by atoms with E-state index in [1.165, 1.54) is 22.3 Å². The molecule has 0 aromatic heterocycles. The predicted molar refractivity (Wildman–Crippen MR) is 133 cm³/mol. The Labute approximate surface area is 206 Å². The standard InChI is InChI=1S/C28H34N2O5/c1-28(2,15-26(32)33)17-29-25(31)14-18-8-7-13-24(18)30-27(34)35-16-23-21-11-5-3-9-19(21)20-10-4-6-12-22(20)23/h3-6,9-12,18,23-24H,7-8,13-17H2,1-2H3,(H,29,31)(H,30,34)(H,32,33)/t18-,24+/m0/s1. The molecule has 7 heteroatoms. The third-order valence-corrected chi connectivity index (χ3v) is 7.15. The summed E-state index contributed by atoms with van der Waals surface area (Å²) in [4.78, 5) is 36.2. The van der Waals surface area contributed by atoms with Gasteiger partial charge in [-0.2, -0.15) is 0 Å². The second-order valence-corrected chi connectivity index (χ2v) is 10.5. The summed E-state index contributed by atoms with van der Waals surface area (Å²) in [7, 11) is 0. The molecule has 3 N–H and O–H groups in total. The van der Waals surface area contributed by atoms with Gasteiger partial charge in [0.2, 0.25) is 5.91 Å². The first kappa shape index (κ1) is 24.8. The molecule has 4 rings (SSSR count). The second-order valence-electron chi connectivity index (χ2n) is 10.5. The molecule has 0 heterocycles. The molecule has 0 radical (unpaired) electrons. The van der Waals surface area contributed by atoms with E-state index in [0.29, 0.717) is 13.0 Å². The van der Waals surface area contributed by atoms with Gasteiger partial charge in [0.05, 0.1) is 6.42 Å². The summed E-state index contributed by atoms with van der Waals surface area (Å²) < 4.78 is 5.68. The van der Waals surface area contributed by atoms with Crippen molar-refractivity contribution in [2.24, 2.45) is 11.3 Å². The number of carbonyl (C=O) groups excluding carboxylic acids is 2. The lowest BCUT2D eigenvalue weighted by Gasteiger charge is -2.24. The first-order valence-electron chi connectivity index (χ1n) is 12.3. The van der Waals surface area contributed by atoms with E-state index in [0.717, 1.165) is 19.3 Å². The maximum atomic E-state index is 12.7. The highest BCUT2D eigenvalue weighted by molar-refractivity contribution is 5.79. The normalized spacial score (nSPS) is 19.0. The fourth-order valence-corrected chi connectivity index (χ4v) is 5.38. The van der Waals surface area contributed by atoms with Crippen molar-refractivity contribution in [3.05, 3.63) is 59.7 Å². The highest BCUT2D eigenvalue weighted by Gasteiger charge is 2.33. The number of rotatable bonds is 9. The van der Waals surface area contributed by atoms with Crippen LogP contribution in [-0.2, 0) is 14.3 Å². The van der Waals surface area contributed by atoms with Gasteiger partial charge < -0.3 is 20.5 Å². The van der Waals surface area contributed by atoms with Gasteiger partial charge in [0.1, 0.15) is 6.61 Å². The average Bonchev–Trinajstić information content (AvgIpc) is 3.37. The van der Waals surface area contributed by atoms with Gasteiger partial charge >= 0.3 is 12.1 Å². The summed E-state index contributed by atoms with van der Waals surface area (Å²) in [6.07, 6.45) is 2.45. The van der Waals surface area contributed by atoms with Crippen molar-refractivity contribution in [1.82, 2.24) is 10.6 Å². The lowest BCUT2D eigenvalue weighted by Crippen LogP contribution is -2.41. The first-order valence-corrected chi connectivity index (χ1v) is 12.3. The molecule has 1 fully saturated rings. The molecule has 2 amide bonds. The van der Waals surface area contributed by atoms with Gasteiger partial charge in [-0.25, -0.2) is 4.79 Å². The Kier molecular flexibility index (Phi) is 7.43. The van der Waals surface area contributed by atoms with E-state index in [-0.39, 0.29) is 36.8 Å². The van der Waals surface area contributed by atoms with Crippen LogP contribution in [0.3, 0.4) is 0 Å². The molecule has 2 aromatic rings. The molecule has 0 saturated heterocycles. The van der Waals surface area contributed by atoms with Crippen LogP contribution in [0.25, 0.3) is 11.1 Å². The molecule has 35 heavy (non-hydrogen) atoms. The summed E-state index contributed by atoms with van der Waals surface area (Å²) in [5, 5.41) is 14.9. The van der Waals surface area contributed by atoms with Crippen LogP contribution in [0.4, 0.5) is 4.79 Å². The van der Waals surface area contributed by atoms with E-state index in [1.54, 1.807) is 0 Å². The number of amides is 2. The van der Waals surface area contributed by atoms with Gasteiger partial charge in [-0.15, -0.1) is 0 Å². The van der Waals surface area contributed by atoms with Gasteiger partial charge in [-0.1, -0.05) is 68.8 Å². The smallest absolute Gasteiger partial charge is 0.407 e. The van der Waals surface area contributed by atoms with Crippen LogP contribution < -0.4 is 10.6 Å². The molecule has 0 bridgehead atoms. The monoisotopic (exact) mass is 478 g/mol. The van der Waals surface area contributed by atoms with Crippen molar-refractivity contribution in [2.75, 3.05) is 13.2 Å². The quantitative estimate of drug-likeness (QED) is 0.485. The Balaban J connectivity index is 1.28. The highest BCUT2D eigenvalue weighted by Crippen LogP contribution is 2.44.